The molecule has 1 aromatic carbocycles. The van der Waals surface area contributed by atoms with Crippen LogP contribution in [-0.4, -0.2) is 33.1 Å². The van der Waals surface area contributed by atoms with Gasteiger partial charge in [0.05, 0.1) is 26.5 Å². The number of aromatic amines is 1. The van der Waals surface area contributed by atoms with E-state index in [1.165, 1.54) is 20.5 Å². The lowest BCUT2D eigenvalue weighted by molar-refractivity contribution is 0.0219. The Labute approximate surface area is 191 Å². The van der Waals surface area contributed by atoms with Gasteiger partial charge in [0.25, 0.3) is 0 Å². The molecule has 1 saturated heterocycles. The number of thiophene rings is 2. The first-order valence-corrected chi connectivity index (χ1v) is 12.5. The Morgan fingerprint density at radius 1 is 1.27 bits per heavy atom. The minimum Gasteiger partial charge on any atom is -0.444 e. The van der Waals surface area contributed by atoms with Gasteiger partial charge in [0.15, 0.2) is 0 Å². The smallest absolute Gasteiger partial charge is 0.410 e. The second kappa shape index (κ2) is 7.35. The number of aromatic nitrogens is 2. The van der Waals surface area contributed by atoms with E-state index >= 15 is 0 Å². The maximum absolute atomic E-state index is 12.7. The van der Waals surface area contributed by atoms with Crippen molar-refractivity contribution in [2.45, 2.75) is 45.3 Å². The summed E-state index contributed by atoms with van der Waals surface area (Å²) in [4.78, 5) is 22.7. The Balaban J connectivity index is 1.47. The summed E-state index contributed by atoms with van der Waals surface area (Å²) in [7, 11) is 0. The van der Waals surface area contributed by atoms with Crippen molar-refractivity contribution in [3.63, 3.8) is 0 Å². The Kier molecular flexibility index (Phi) is 4.91. The van der Waals surface area contributed by atoms with Gasteiger partial charge in [0.2, 0.25) is 0 Å². The van der Waals surface area contributed by atoms with Gasteiger partial charge in [-0.15, -0.1) is 22.7 Å². The van der Waals surface area contributed by atoms with Crippen molar-refractivity contribution in [1.29, 1.82) is 0 Å². The number of benzene rings is 1. The van der Waals surface area contributed by atoms with Crippen LogP contribution in [0.3, 0.4) is 0 Å². The largest absolute Gasteiger partial charge is 0.444 e. The van der Waals surface area contributed by atoms with Gasteiger partial charge in [-0.25, -0.2) is 9.78 Å². The molecule has 30 heavy (non-hydrogen) atoms. The number of halogens is 1. The third kappa shape index (κ3) is 3.55. The van der Waals surface area contributed by atoms with Crippen molar-refractivity contribution in [2.75, 3.05) is 6.54 Å². The maximum Gasteiger partial charge on any atom is 0.410 e. The van der Waals surface area contributed by atoms with Crippen molar-refractivity contribution < 1.29 is 9.53 Å². The fourth-order valence-corrected chi connectivity index (χ4v) is 7.00. The predicted octanol–water partition coefficient (Wildman–Crippen LogP) is 7.34. The lowest BCUT2D eigenvalue weighted by atomic mass is 10.1. The van der Waals surface area contributed by atoms with E-state index in [4.69, 9.17) is 9.72 Å². The summed E-state index contributed by atoms with van der Waals surface area (Å²) in [6, 6.07) is 6.27. The zero-order valence-electron chi connectivity index (χ0n) is 17.0. The normalized spacial score (nSPS) is 17.3. The SMILES string of the molecule is CC(C)(C)OC(=O)N1CCC[C@H]1c1nc2ccc(-c3csc4c(Br)csc34)cc2[nH]1. The highest BCUT2D eigenvalue weighted by atomic mass is 79.9. The van der Waals surface area contributed by atoms with Crippen LogP contribution in [0.15, 0.2) is 33.4 Å². The van der Waals surface area contributed by atoms with Crippen LogP contribution in [-0.2, 0) is 4.74 Å². The standard InChI is InChI=1S/C22H22BrN3O2S2/c1-22(2,3)28-21(27)26-8-4-5-17(26)20-24-15-7-6-12(9-16(15)25-20)13-10-29-19-14(23)11-30-18(13)19/h6-7,9-11,17H,4-5,8H2,1-3H3,(H,24,25)/t17-/m0/s1. The van der Waals surface area contributed by atoms with Gasteiger partial charge < -0.3 is 9.72 Å². The molecule has 1 aliphatic heterocycles. The molecule has 4 aromatic rings. The first-order chi connectivity index (χ1) is 14.3. The van der Waals surface area contributed by atoms with Crippen LogP contribution in [0.2, 0.25) is 0 Å². The van der Waals surface area contributed by atoms with Crippen LogP contribution in [0.1, 0.15) is 45.5 Å². The number of fused-ring (bicyclic) bond motifs is 2. The first-order valence-electron chi connectivity index (χ1n) is 9.94. The fraction of sp³-hybridized carbons (Fsp3) is 0.364. The number of carbonyl (C=O) groups excluding carboxylic acids is 1. The summed E-state index contributed by atoms with van der Waals surface area (Å²) in [5, 5.41) is 4.36. The average Bonchev–Trinajstić information content (AvgIpc) is 3.44. The molecule has 3 aromatic heterocycles. The highest BCUT2D eigenvalue weighted by Gasteiger charge is 2.35. The minimum absolute atomic E-state index is 0.0724. The molecule has 5 nitrogen and oxygen atoms in total. The van der Waals surface area contributed by atoms with Crippen molar-refractivity contribution >= 4 is 65.1 Å². The van der Waals surface area contributed by atoms with E-state index in [-0.39, 0.29) is 12.1 Å². The van der Waals surface area contributed by atoms with E-state index in [2.05, 4.69) is 49.9 Å². The summed E-state index contributed by atoms with van der Waals surface area (Å²) in [5.74, 6) is 0.833. The summed E-state index contributed by atoms with van der Waals surface area (Å²) < 4.78 is 9.36. The van der Waals surface area contributed by atoms with E-state index in [1.807, 2.05) is 20.8 Å². The van der Waals surface area contributed by atoms with Crippen molar-refractivity contribution in [3.8, 4) is 11.1 Å². The molecule has 0 saturated carbocycles. The summed E-state index contributed by atoms with van der Waals surface area (Å²) in [5.41, 5.74) is 3.83. The lowest BCUT2D eigenvalue weighted by Crippen LogP contribution is -2.36. The highest BCUT2D eigenvalue weighted by molar-refractivity contribution is 9.10. The molecule has 0 bridgehead atoms. The third-order valence-corrected chi connectivity index (χ3v) is 8.60. The Bertz CT molecular complexity index is 1250. The van der Waals surface area contributed by atoms with Crippen molar-refractivity contribution in [1.82, 2.24) is 14.9 Å². The first kappa shape index (κ1) is 20.0. The van der Waals surface area contributed by atoms with Gasteiger partial charge in [-0.05, 0) is 67.2 Å². The molecule has 0 spiro atoms. The molecule has 8 heteroatoms. The molecule has 4 heterocycles. The third-order valence-electron chi connectivity index (χ3n) is 5.25. The fourth-order valence-electron chi connectivity index (χ4n) is 3.94. The summed E-state index contributed by atoms with van der Waals surface area (Å²) >= 11 is 7.15. The van der Waals surface area contributed by atoms with Gasteiger partial charge in [-0.2, -0.15) is 0 Å². The van der Waals surface area contributed by atoms with E-state index in [9.17, 15) is 4.79 Å². The van der Waals surface area contributed by atoms with Crippen LogP contribution in [0.5, 0.6) is 0 Å². The second-order valence-electron chi connectivity index (χ2n) is 8.58. The van der Waals surface area contributed by atoms with Crippen molar-refractivity contribution in [2.24, 2.45) is 0 Å². The number of nitrogens with one attached hydrogen (secondary N) is 1. The number of amides is 1. The van der Waals surface area contributed by atoms with Crippen LogP contribution in [0.25, 0.3) is 31.6 Å². The second-order valence-corrected chi connectivity index (χ2v) is 11.2. The molecule has 156 valence electrons. The number of ether oxygens (including phenoxy) is 1. The molecule has 0 radical (unpaired) electrons. The maximum atomic E-state index is 12.7. The number of imidazole rings is 1. The molecular formula is C22H22BrN3O2S2. The summed E-state index contributed by atoms with van der Waals surface area (Å²) in [6.07, 6.45) is 1.57. The van der Waals surface area contributed by atoms with Crippen LogP contribution in [0, 0.1) is 0 Å². The topological polar surface area (TPSA) is 58.2 Å². The lowest BCUT2D eigenvalue weighted by Gasteiger charge is -2.27. The van der Waals surface area contributed by atoms with Gasteiger partial charge in [-0.3, -0.25) is 4.90 Å². The van der Waals surface area contributed by atoms with E-state index in [1.54, 1.807) is 27.6 Å². The highest BCUT2D eigenvalue weighted by Crippen LogP contribution is 2.42. The van der Waals surface area contributed by atoms with Crippen LogP contribution >= 0.6 is 38.6 Å². The van der Waals surface area contributed by atoms with Gasteiger partial charge in [-0.1, -0.05) is 6.07 Å². The van der Waals surface area contributed by atoms with E-state index in [0.29, 0.717) is 6.54 Å². The van der Waals surface area contributed by atoms with Gasteiger partial charge in [0.1, 0.15) is 11.4 Å². The van der Waals surface area contributed by atoms with Gasteiger partial charge in [0, 0.05) is 27.3 Å². The molecule has 1 amide bonds. The molecule has 1 N–H and O–H groups in total. The van der Waals surface area contributed by atoms with E-state index in [0.717, 1.165) is 34.2 Å². The molecule has 0 unspecified atom stereocenters. The Morgan fingerprint density at radius 3 is 2.87 bits per heavy atom. The quantitative estimate of drug-likeness (QED) is 0.311. The molecule has 1 atom stereocenters. The molecule has 0 aliphatic carbocycles. The van der Waals surface area contributed by atoms with E-state index < -0.39 is 5.60 Å². The van der Waals surface area contributed by atoms with Gasteiger partial charge >= 0.3 is 6.09 Å². The number of hydrogen-bond donors (Lipinski definition) is 1. The molecular weight excluding hydrogens is 482 g/mol. The average molecular weight is 504 g/mol. The number of carbonyl (C=O) groups is 1. The zero-order chi connectivity index (χ0) is 21.0. The summed E-state index contributed by atoms with van der Waals surface area (Å²) in [6.45, 7) is 6.38. The number of hydrogen-bond acceptors (Lipinski definition) is 5. The number of H-pyrrole nitrogens is 1. The van der Waals surface area contributed by atoms with Crippen LogP contribution < -0.4 is 0 Å². The Hall–Kier alpha value is -1.90. The zero-order valence-corrected chi connectivity index (χ0v) is 20.2. The van der Waals surface area contributed by atoms with Crippen molar-refractivity contribution in [3.05, 3.63) is 39.3 Å². The predicted molar refractivity (Wildman–Crippen MR) is 127 cm³/mol. The number of rotatable bonds is 2. The Morgan fingerprint density at radius 2 is 2.07 bits per heavy atom. The minimum atomic E-state index is -0.504. The molecule has 1 aliphatic rings. The van der Waals surface area contributed by atoms with Crippen LogP contribution in [0.4, 0.5) is 4.79 Å². The molecule has 1 fully saturated rings. The number of nitrogens with zero attached hydrogens (tertiary/aromatic N) is 2. The number of likely N-dealkylation sites (tertiary alicyclic amines) is 1. The monoisotopic (exact) mass is 503 g/mol. The molecule has 5 rings (SSSR count).